The van der Waals surface area contributed by atoms with Gasteiger partial charge in [-0.2, -0.15) is 0 Å². The molecule has 0 unspecified atom stereocenters. The minimum Gasteiger partial charge on any atom is -0.508 e. The minimum atomic E-state index is 0.224. The Morgan fingerprint density at radius 2 is 1.96 bits per heavy atom. The molecule has 146 valence electrons. The molecular formula is C20H33N3O3. The molecular weight excluding hydrogens is 330 g/mol. The van der Waals surface area contributed by atoms with Crippen LogP contribution in [0.2, 0.25) is 0 Å². The second-order valence-corrected chi connectivity index (χ2v) is 6.60. The third kappa shape index (κ3) is 7.12. The maximum absolute atomic E-state index is 9.97. The molecule has 1 fully saturated rings. The van der Waals surface area contributed by atoms with Crippen LogP contribution in [-0.4, -0.2) is 44.0 Å². The van der Waals surface area contributed by atoms with Crippen LogP contribution >= 0.6 is 0 Å². The summed E-state index contributed by atoms with van der Waals surface area (Å²) in [6.07, 6.45) is 8.02. The summed E-state index contributed by atoms with van der Waals surface area (Å²) in [5.74, 6) is 1.66. The van der Waals surface area contributed by atoms with E-state index >= 15 is 0 Å². The van der Waals surface area contributed by atoms with Crippen molar-refractivity contribution in [3.05, 3.63) is 23.8 Å². The summed E-state index contributed by atoms with van der Waals surface area (Å²) in [7, 11) is 1.61. The Bertz CT molecular complexity index is 555. The number of hydrogen-bond acceptors (Lipinski definition) is 4. The first-order valence-electron chi connectivity index (χ1n) is 9.72. The van der Waals surface area contributed by atoms with Gasteiger partial charge >= 0.3 is 0 Å². The van der Waals surface area contributed by atoms with Gasteiger partial charge in [-0.15, -0.1) is 0 Å². The van der Waals surface area contributed by atoms with Crippen molar-refractivity contribution in [3.8, 4) is 11.5 Å². The summed E-state index contributed by atoms with van der Waals surface area (Å²) >= 11 is 0. The molecule has 0 amide bonds. The summed E-state index contributed by atoms with van der Waals surface area (Å²) in [5, 5.41) is 16.5. The average Bonchev–Trinajstić information content (AvgIpc) is 2.93. The van der Waals surface area contributed by atoms with Crippen LogP contribution in [0.4, 0.5) is 0 Å². The Labute approximate surface area is 157 Å². The summed E-state index contributed by atoms with van der Waals surface area (Å²) < 4.78 is 11.2. The Balaban J connectivity index is 1.80. The molecule has 6 nitrogen and oxygen atoms in total. The third-order valence-electron chi connectivity index (χ3n) is 4.59. The van der Waals surface area contributed by atoms with Gasteiger partial charge in [0.05, 0.1) is 26.4 Å². The highest BCUT2D eigenvalue weighted by molar-refractivity contribution is 5.79. The van der Waals surface area contributed by atoms with Gasteiger partial charge in [0.15, 0.2) is 5.96 Å². The van der Waals surface area contributed by atoms with E-state index in [4.69, 9.17) is 9.47 Å². The number of rotatable bonds is 8. The van der Waals surface area contributed by atoms with E-state index in [0.717, 1.165) is 18.1 Å². The molecule has 1 aromatic carbocycles. The standard InChI is InChI=1S/C20H33N3O3/c1-3-21-20(22-12-13-26-17-8-6-4-5-7-9-17)23-15-16-14-18(25-2)10-11-19(16)24/h10-11,14,17,24H,3-9,12-13,15H2,1-2H3,(H2,21,22,23). The van der Waals surface area contributed by atoms with Crippen LogP contribution in [0.15, 0.2) is 23.2 Å². The smallest absolute Gasteiger partial charge is 0.191 e. The zero-order chi connectivity index (χ0) is 18.6. The van der Waals surface area contributed by atoms with Crippen LogP contribution in [0.1, 0.15) is 51.0 Å². The highest BCUT2D eigenvalue weighted by Crippen LogP contribution is 2.23. The van der Waals surface area contributed by atoms with Crippen LogP contribution < -0.4 is 15.4 Å². The Morgan fingerprint density at radius 1 is 1.19 bits per heavy atom. The van der Waals surface area contributed by atoms with Gasteiger partial charge in [0.2, 0.25) is 0 Å². The second kappa shape index (κ2) is 11.6. The number of nitrogens with one attached hydrogen (secondary N) is 2. The molecule has 0 bridgehead atoms. The SMILES string of the molecule is CCNC(=NCc1cc(OC)ccc1O)NCCOC1CCCCCC1. The molecule has 2 rings (SSSR count). The summed E-state index contributed by atoms with van der Waals surface area (Å²) in [6, 6.07) is 5.17. The Morgan fingerprint density at radius 3 is 2.65 bits per heavy atom. The van der Waals surface area contributed by atoms with Gasteiger partial charge in [-0.3, -0.25) is 0 Å². The number of phenols is 1. The maximum atomic E-state index is 9.97. The summed E-state index contributed by atoms with van der Waals surface area (Å²) in [4.78, 5) is 4.54. The highest BCUT2D eigenvalue weighted by atomic mass is 16.5. The molecule has 1 aromatic rings. The van der Waals surface area contributed by atoms with Gasteiger partial charge < -0.3 is 25.2 Å². The summed E-state index contributed by atoms with van der Waals surface area (Å²) in [6.45, 7) is 4.58. The molecule has 0 radical (unpaired) electrons. The van der Waals surface area contributed by atoms with E-state index in [0.29, 0.717) is 31.5 Å². The van der Waals surface area contributed by atoms with E-state index < -0.39 is 0 Å². The van der Waals surface area contributed by atoms with E-state index in [9.17, 15) is 5.11 Å². The molecule has 1 aliphatic carbocycles. The van der Waals surface area contributed by atoms with Gasteiger partial charge in [0, 0.05) is 18.7 Å². The fourth-order valence-electron chi connectivity index (χ4n) is 3.13. The van der Waals surface area contributed by atoms with Gasteiger partial charge in [-0.05, 0) is 38.0 Å². The van der Waals surface area contributed by atoms with Crippen molar-refractivity contribution in [3.63, 3.8) is 0 Å². The van der Waals surface area contributed by atoms with E-state index in [-0.39, 0.29) is 5.75 Å². The van der Waals surface area contributed by atoms with Crippen LogP contribution in [0.25, 0.3) is 0 Å². The van der Waals surface area contributed by atoms with Crippen molar-refractivity contribution >= 4 is 5.96 Å². The van der Waals surface area contributed by atoms with Gasteiger partial charge in [-0.1, -0.05) is 25.7 Å². The van der Waals surface area contributed by atoms with Crippen molar-refractivity contribution in [1.29, 1.82) is 0 Å². The Hall–Kier alpha value is -1.95. The van der Waals surface area contributed by atoms with E-state index in [1.54, 1.807) is 25.3 Å². The lowest BCUT2D eigenvalue weighted by Gasteiger charge is -2.16. The first kappa shape index (κ1) is 20.4. The molecule has 3 N–H and O–H groups in total. The topological polar surface area (TPSA) is 75.1 Å². The fourth-order valence-corrected chi connectivity index (χ4v) is 3.13. The van der Waals surface area contributed by atoms with E-state index in [1.807, 2.05) is 6.92 Å². The zero-order valence-corrected chi connectivity index (χ0v) is 16.1. The maximum Gasteiger partial charge on any atom is 0.191 e. The number of hydrogen-bond donors (Lipinski definition) is 3. The minimum absolute atomic E-state index is 0.224. The number of benzene rings is 1. The lowest BCUT2D eigenvalue weighted by molar-refractivity contribution is 0.0468. The van der Waals surface area contributed by atoms with Crippen LogP contribution in [0.3, 0.4) is 0 Å². The third-order valence-corrected chi connectivity index (χ3v) is 4.59. The highest BCUT2D eigenvalue weighted by Gasteiger charge is 2.12. The molecule has 0 aromatic heterocycles. The van der Waals surface area contributed by atoms with Crippen LogP contribution in [0, 0.1) is 0 Å². The van der Waals surface area contributed by atoms with Crippen molar-refractivity contribution < 1.29 is 14.6 Å². The lowest BCUT2D eigenvalue weighted by Crippen LogP contribution is -2.39. The number of phenolic OH excluding ortho intramolecular Hbond substituents is 1. The molecule has 26 heavy (non-hydrogen) atoms. The summed E-state index contributed by atoms with van der Waals surface area (Å²) in [5.41, 5.74) is 0.733. The Kier molecular flexibility index (Phi) is 9.10. The first-order valence-corrected chi connectivity index (χ1v) is 9.72. The number of guanidine groups is 1. The quantitative estimate of drug-likeness (QED) is 0.286. The van der Waals surface area contributed by atoms with Crippen molar-refractivity contribution in [1.82, 2.24) is 10.6 Å². The van der Waals surface area contributed by atoms with Crippen molar-refractivity contribution in [2.45, 2.75) is 58.1 Å². The molecule has 0 aliphatic heterocycles. The number of nitrogens with zero attached hydrogens (tertiary/aromatic N) is 1. The molecule has 1 saturated carbocycles. The molecule has 0 atom stereocenters. The fraction of sp³-hybridized carbons (Fsp3) is 0.650. The predicted octanol–water partition coefficient (Wildman–Crippen LogP) is 3.20. The molecule has 0 saturated heterocycles. The van der Waals surface area contributed by atoms with Crippen molar-refractivity contribution in [2.24, 2.45) is 4.99 Å². The second-order valence-electron chi connectivity index (χ2n) is 6.60. The van der Waals surface area contributed by atoms with E-state index in [1.165, 1.54) is 38.5 Å². The molecule has 0 heterocycles. The number of aromatic hydroxyl groups is 1. The van der Waals surface area contributed by atoms with Crippen molar-refractivity contribution in [2.75, 3.05) is 26.8 Å². The van der Waals surface area contributed by atoms with Crippen LogP contribution in [0.5, 0.6) is 11.5 Å². The van der Waals surface area contributed by atoms with Gasteiger partial charge in [-0.25, -0.2) is 4.99 Å². The molecule has 1 aliphatic rings. The number of methoxy groups -OCH3 is 1. The largest absolute Gasteiger partial charge is 0.508 e. The van der Waals surface area contributed by atoms with E-state index in [2.05, 4.69) is 15.6 Å². The zero-order valence-electron chi connectivity index (χ0n) is 16.1. The first-order chi connectivity index (χ1) is 12.7. The average molecular weight is 364 g/mol. The predicted molar refractivity (Wildman–Crippen MR) is 105 cm³/mol. The number of aliphatic imine (C=N–C) groups is 1. The lowest BCUT2D eigenvalue weighted by atomic mass is 10.1. The van der Waals surface area contributed by atoms with Gasteiger partial charge in [0.25, 0.3) is 0 Å². The van der Waals surface area contributed by atoms with Crippen LogP contribution in [-0.2, 0) is 11.3 Å². The van der Waals surface area contributed by atoms with Gasteiger partial charge in [0.1, 0.15) is 11.5 Å². The monoisotopic (exact) mass is 363 g/mol. The molecule has 0 spiro atoms. The molecule has 6 heteroatoms. The number of ether oxygens (including phenoxy) is 2. The normalized spacial score (nSPS) is 16.2.